The lowest BCUT2D eigenvalue weighted by molar-refractivity contribution is 0.0690. The fourth-order valence-electron chi connectivity index (χ4n) is 0.917. The molecule has 0 atom stereocenters. The zero-order valence-electron chi connectivity index (χ0n) is 7.01. The van der Waals surface area contributed by atoms with Crippen LogP contribution in [0.4, 0.5) is 0 Å². The first-order chi connectivity index (χ1) is 6.49. The molecule has 1 rings (SSSR count). The number of carboxylic acids is 1. The number of halogens is 2. The highest BCUT2D eigenvalue weighted by molar-refractivity contribution is 6.35. The molecule has 4 nitrogen and oxygen atoms in total. The summed E-state index contributed by atoms with van der Waals surface area (Å²) in [6, 6.07) is 1.80. The van der Waals surface area contributed by atoms with E-state index in [4.69, 9.17) is 33.6 Å². The van der Waals surface area contributed by atoms with Crippen LogP contribution in [0.2, 0.25) is 10.2 Å². The van der Waals surface area contributed by atoms with E-state index in [1.54, 1.807) is 6.07 Å². The Kier molecular flexibility index (Phi) is 2.94. The summed E-state index contributed by atoms with van der Waals surface area (Å²) in [5, 5.41) is 17.2. The molecule has 1 heterocycles. The van der Waals surface area contributed by atoms with E-state index in [1.165, 1.54) is 6.92 Å². The van der Waals surface area contributed by atoms with Crippen LogP contribution in [0.15, 0.2) is 0 Å². The number of carboxylic acid groups (broad SMARTS) is 1. The average Bonchev–Trinajstić information content (AvgIpc) is 2.12. The van der Waals surface area contributed by atoms with Gasteiger partial charge in [-0.1, -0.05) is 23.2 Å². The average molecular weight is 231 g/mol. The molecule has 6 heteroatoms. The molecule has 0 radical (unpaired) electrons. The van der Waals surface area contributed by atoms with E-state index in [2.05, 4.69) is 4.98 Å². The van der Waals surface area contributed by atoms with Crippen LogP contribution in [-0.2, 0) is 0 Å². The first-order valence-electron chi connectivity index (χ1n) is 3.48. The van der Waals surface area contributed by atoms with E-state index in [0.29, 0.717) is 5.56 Å². The van der Waals surface area contributed by atoms with E-state index in [9.17, 15) is 4.79 Å². The number of nitriles is 1. The Morgan fingerprint density at radius 1 is 1.57 bits per heavy atom. The van der Waals surface area contributed by atoms with Gasteiger partial charge in [0.15, 0.2) is 5.69 Å². The number of nitrogens with zero attached hydrogens (tertiary/aromatic N) is 2. The van der Waals surface area contributed by atoms with Gasteiger partial charge in [0.25, 0.3) is 0 Å². The number of aromatic carboxylic acids is 1. The van der Waals surface area contributed by atoms with Gasteiger partial charge in [-0.2, -0.15) is 5.26 Å². The Labute approximate surface area is 89.7 Å². The van der Waals surface area contributed by atoms with Crippen LogP contribution in [-0.4, -0.2) is 16.1 Å². The van der Waals surface area contributed by atoms with E-state index < -0.39 is 5.97 Å². The summed E-state index contributed by atoms with van der Waals surface area (Å²) in [5.74, 6) is -1.27. The van der Waals surface area contributed by atoms with Gasteiger partial charge in [-0.05, 0) is 12.5 Å². The number of rotatable bonds is 1. The van der Waals surface area contributed by atoms with Crippen LogP contribution in [0.5, 0.6) is 0 Å². The molecule has 72 valence electrons. The Balaban J connectivity index is 3.58. The summed E-state index contributed by atoms with van der Waals surface area (Å²) in [5.41, 5.74) is 0.0846. The second-order valence-corrected chi connectivity index (χ2v) is 3.22. The quantitative estimate of drug-likeness (QED) is 0.752. The molecule has 0 aliphatic carbocycles. The maximum absolute atomic E-state index is 10.6. The van der Waals surface area contributed by atoms with Crippen LogP contribution in [0.3, 0.4) is 0 Å². The summed E-state index contributed by atoms with van der Waals surface area (Å²) in [7, 11) is 0. The van der Waals surface area contributed by atoms with Gasteiger partial charge in [0.1, 0.15) is 11.2 Å². The number of pyridine rings is 1. The third-order valence-electron chi connectivity index (χ3n) is 1.64. The molecule has 14 heavy (non-hydrogen) atoms. The molecule has 0 saturated carbocycles. The third-order valence-corrected chi connectivity index (χ3v) is 2.38. The molecule has 0 aromatic carbocycles. The molecule has 0 fully saturated rings. The van der Waals surface area contributed by atoms with Crippen molar-refractivity contribution in [3.8, 4) is 6.07 Å². The van der Waals surface area contributed by atoms with Crippen LogP contribution in [0.1, 0.15) is 21.6 Å². The topological polar surface area (TPSA) is 74.0 Å². The van der Waals surface area contributed by atoms with Crippen LogP contribution < -0.4 is 0 Å². The van der Waals surface area contributed by atoms with Gasteiger partial charge in [-0.15, -0.1) is 0 Å². The largest absolute Gasteiger partial charge is 0.476 e. The smallest absolute Gasteiger partial charge is 0.356 e. The predicted octanol–water partition coefficient (Wildman–Crippen LogP) is 2.27. The Morgan fingerprint density at radius 3 is 2.57 bits per heavy atom. The Bertz CT molecular complexity index is 452. The highest BCUT2D eigenvalue weighted by Crippen LogP contribution is 2.26. The molecular weight excluding hydrogens is 227 g/mol. The monoisotopic (exact) mass is 230 g/mol. The summed E-state index contributed by atoms with van der Waals surface area (Å²) in [6.07, 6.45) is 0. The molecule has 0 spiro atoms. The lowest BCUT2D eigenvalue weighted by Gasteiger charge is -2.05. The van der Waals surface area contributed by atoms with Crippen molar-refractivity contribution in [2.24, 2.45) is 0 Å². The normalized spacial score (nSPS) is 9.57. The maximum Gasteiger partial charge on any atom is 0.356 e. The fourth-order valence-corrected chi connectivity index (χ4v) is 1.40. The van der Waals surface area contributed by atoms with Crippen molar-refractivity contribution in [2.45, 2.75) is 6.92 Å². The van der Waals surface area contributed by atoms with E-state index >= 15 is 0 Å². The molecule has 1 N–H and O–H groups in total. The van der Waals surface area contributed by atoms with Crippen LogP contribution >= 0.6 is 23.2 Å². The minimum Gasteiger partial charge on any atom is -0.476 e. The first kappa shape index (κ1) is 10.8. The number of hydrogen-bond acceptors (Lipinski definition) is 3. The van der Waals surface area contributed by atoms with Gasteiger partial charge < -0.3 is 5.11 Å². The van der Waals surface area contributed by atoms with Crippen molar-refractivity contribution in [3.05, 3.63) is 27.0 Å². The minimum absolute atomic E-state index is 0.0570. The number of hydrogen-bond donors (Lipinski definition) is 1. The molecule has 0 aliphatic heterocycles. The van der Waals surface area contributed by atoms with E-state index in [-0.39, 0.29) is 21.4 Å². The van der Waals surface area contributed by atoms with Gasteiger partial charge >= 0.3 is 5.97 Å². The second kappa shape index (κ2) is 3.82. The highest BCUT2D eigenvalue weighted by atomic mass is 35.5. The lowest BCUT2D eigenvalue weighted by Crippen LogP contribution is -2.05. The van der Waals surface area contributed by atoms with Gasteiger partial charge in [0.2, 0.25) is 0 Å². The Morgan fingerprint density at radius 2 is 2.14 bits per heavy atom. The van der Waals surface area contributed by atoms with Crippen molar-refractivity contribution in [2.75, 3.05) is 0 Å². The van der Waals surface area contributed by atoms with Crippen molar-refractivity contribution in [1.29, 1.82) is 5.26 Å². The zero-order chi connectivity index (χ0) is 10.9. The summed E-state index contributed by atoms with van der Waals surface area (Å²) in [4.78, 5) is 14.2. The third kappa shape index (κ3) is 1.65. The Hall–Kier alpha value is -1.31. The van der Waals surface area contributed by atoms with Gasteiger partial charge in [0.05, 0.1) is 10.6 Å². The molecule has 0 amide bonds. The van der Waals surface area contributed by atoms with Crippen molar-refractivity contribution in [1.82, 2.24) is 4.98 Å². The molecule has 0 unspecified atom stereocenters. The highest BCUT2D eigenvalue weighted by Gasteiger charge is 2.18. The lowest BCUT2D eigenvalue weighted by atomic mass is 10.1. The molecule has 0 bridgehead atoms. The van der Waals surface area contributed by atoms with E-state index in [0.717, 1.165) is 0 Å². The second-order valence-electron chi connectivity index (χ2n) is 2.48. The molecular formula is C8H4Cl2N2O2. The number of carbonyl (C=O) groups is 1. The zero-order valence-corrected chi connectivity index (χ0v) is 8.52. The summed E-state index contributed by atoms with van der Waals surface area (Å²) in [6.45, 7) is 1.51. The van der Waals surface area contributed by atoms with Gasteiger partial charge in [0, 0.05) is 0 Å². The number of aromatic nitrogens is 1. The SMILES string of the molecule is Cc1c(Cl)c(C(=O)O)nc(Cl)c1C#N. The van der Waals surface area contributed by atoms with Crippen LogP contribution in [0.25, 0.3) is 0 Å². The maximum atomic E-state index is 10.6. The van der Waals surface area contributed by atoms with Gasteiger partial charge in [-0.3, -0.25) is 0 Å². The standard InChI is InChI=1S/C8H4Cl2N2O2/c1-3-4(2-11)7(10)12-6(5(3)9)8(13)14/h1H3,(H,13,14). The van der Waals surface area contributed by atoms with E-state index in [1.807, 2.05) is 0 Å². The van der Waals surface area contributed by atoms with Gasteiger partial charge in [-0.25, -0.2) is 9.78 Å². The van der Waals surface area contributed by atoms with Crippen molar-refractivity contribution >= 4 is 29.2 Å². The molecule has 1 aromatic heterocycles. The van der Waals surface area contributed by atoms with Crippen LogP contribution in [0, 0.1) is 18.3 Å². The fraction of sp³-hybridized carbons (Fsp3) is 0.125. The summed E-state index contributed by atoms with van der Waals surface area (Å²) < 4.78 is 0. The van der Waals surface area contributed by atoms with Crippen molar-refractivity contribution in [3.63, 3.8) is 0 Å². The molecule has 0 saturated heterocycles. The molecule has 0 aliphatic rings. The summed E-state index contributed by atoms with van der Waals surface area (Å²) >= 11 is 11.3. The predicted molar refractivity (Wildman–Crippen MR) is 50.7 cm³/mol. The minimum atomic E-state index is -1.27. The molecule has 1 aromatic rings. The van der Waals surface area contributed by atoms with Crippen molar-refractivity contribution < 1.29 is 9.90 Å². The first-order valence-corrected chi connectivity index (χ1v) is 4.23.